The third-order valence-corrected chi connectivity index (χ3v) is 4.59. The number of nitrogens with zero attached hydrogens (tertiary/aromatic N) is 1. The molecule has 2 aromatic carbocycles. The highest BCUT2D eigenvalue weighted by Gasteiger charge is 2.13. The Labute approximate surface area is 143 Å². The lowest BCUT2D eigenvalue weighted by atomic mass is 9.86. The molecule has 1 aromatic heterocycles. The molecule has 0 aliphatic heterocycles. The van der Waals surface area contributed by atoms with Gasteiger partial charge in [-0.15, -0.1) is 0 Å². The zero-order valence-corrected chi connectivity index (χ0v) is 15.0. The van der Waals surface area contributed by atoms with Gasteiger partial charge in [-0.1, -0.05) is 64.4 Å². The predicted octanol–water partition coefficient (Wildman–Crippen LogP) is 5.09. The summed E-state index contributed by atoms with van der Waals surface area (Å²) in [6.07, 6.45) is 2.10. The van der Waals surface area contributed by atoms with Gasteiger partial charge in [0.25, 0.3) is 0 Å². The van der Waals surface area contributed by atoms with Crippen LogP contribution in [0.1, 0.15) is 46.1 Å². The average molecular weight is 322 g/mol. The number of aromatic amines is 1. The zero-order valence-electron chi connectivity index (χ0n) is 15.0. The maximum Gasteiger partial charge on any atom is 0.326 e. The van der Waals surface area contributed by atoms with Gasteiger partial charge in [0.2, 0.25) is 0 Å². The molecule has 1 heterocycles. The van der Waals surface area contributed by atoms with Crippen LogP contribution in [-0.2, 0) is 12.0 Å². The van der Waals surface area contributed by atoms with Crippen molar-refractivity contribution in [2.24, 2.45) is 0 Å². The normalized spacial score (nSPS) is 12.0. The Kier molecular flexibility index (Phi) is 4.35. The van der Waals surface area contributed by atoms with E-state index < -0.39 is 0 Å². The number of hydrogen-bond donors (Lipinski definition) is 1. The first-order chi connectivity index (χ1) is 11.4. The molecule has 3 heteroatoms. The largest absolute Gasteiger partial charge is 0.326 e. The minimum Gasteiger partial charge on any atom is -0.306 e. The average Bonchev–Trinajstić information content (AvgIpc) is 2.86. The van der Waals surface area contributed by atoms with Crippen LogP contribution in [0.2, 0.25) is 0 Å². The van der Waals surface area contributed by atoms with Gasteiger partial charge in [-0.05, 0) is 40.7 Å². The van der Waals surface area contributed by atoms with E-state index in [-0.39, 0.29) is 11.1 Å². The number of H-pyrrole nitrogens is 1. The molecular weight excluding hydrogens is 296 g/mol. The molecule has 0 spiro atoms. The van der Waals surface area contributed by atoms with Gasteiger partial charge in [0.15, 0.2) is 0 Å². The lowest BCUT2D eigenvalue weighted by molar-refractivity contribution is 0.590. The molecule has 0 aliphatic carbocycles. The highest BCUT2D eigenvalue weighted by molar-refractivity contribution is 5.82. The molecule has 0 bridgehead atoms. The van der Waals surface area contributed by atoms with E-state index in [2.05, 4.69) is 75.1 Å². The van der Waals surface area contributed by atoms with Crippen LogP contribution in [0.3, 0.4) is 0 Å². The standard InChI is InChI=1S/C21H26N2O/c1-5-6-13-23-19-12-9-16(14-18(19)22-20(23)24)15-7-10-17(11-8-15)21(2,3)4/h7-12,14H,5-6,13H2,1-4H3,(H,22,24). The summed E-state index contributed by atoms with van der Waals surface area (Å²) < 4.78 is 1.84. The molecule has 126 valence electrons. The van der Waals surface area contributed by atoms with Gasteiger partial charge in [0.1, 0.15) is 0 Å². The van der Waals surface area contributed by atoms with E-state index in [4.69, 9.17) is 0 Å². The van der Waals surface area contributed by atoms with Crippen molar-refractivity contribution in [3.63, 3.8) is 0 Å². The summed E-state index contributed by atoms with van der Waals surface area (Å²) in [7, 11) is 0. The number of rotatable bonds is 4. The van der Waals surface area contributed by atoms with Crippen molar-refractivity contribution >= 4 is 11.0 Å². The Morgan fingerprint density at radius 1 is 1.00 bits per heavy atom. The summed E-state index contributed by atoms with van der Waals surface area (Å²) in [6.45, 7) is 9.57. The highest BCUT2D eigenvalue weighted by atomic mass is 16.1. The van der Waals surface area contributed by atoms with Crippen molar-refractivity contribution in [2.45, 2.75) is 52.5 Å². The number of unbranched alkanes of at least 4 members (excludes halogenated alkanes) is 1. The van der Waals surface area contributed by atoms with Crippen molar-refractivity contribution in [1.29, 1.82) is 0 Å². The molecule has 3 aromatic rings. The van der Waals surface area contributed by atoms with E-state index in [9.17, 15) is 4.79 Å². The molecule has 0 atom stereocenters. The van der Waals surface area contributed by atoms with Gasteiger partial charge in [0, 0.05) is 6.54 Å². The summed E-state index contributed by atoms with van der Waals surface area (Å²) in [5.74, 6) is 0. The number of aryl methyl sites for hydroxylation is 1. The molecule has 0 radical (unpaired) electrons. The third-order valence-electron chi connectivity index (χ3n) is 4.59. The van der Waals surface area contributed by atoms with Crippen molar-refractivity contribution in [2.75, 3.05) is 0 Å². The van der Waals surface area contributed by atoms with E-state index in [1.54, 1.807) is 0 Å². The van der Waals surface area contributed by atoms with Crippen LogP contribution in [0.4, 0.5) is 0 Å². The van der Waals surface area contributed by atoms with Gasteiger partial charge in [-0.3, -0.25) is 4.57 Å². The van der Waals surface area contributed by atoms with Crippen molar-refractivity contribution < 1.29 is 0 Å². The summed E-state index contributed by atoms with van der Waals surface area (Å²) >= 11 is 0. The van der Waals surface area contributed by atoms with Crippen LogP contribution in [0.25, 0.3) is 22.2 Å². The van der Waals surface area contributed by atoms with Gasteiger partial charge < -0.3 is 4.98 Å². The number of benzene rings is 2. The molecule has 0 aliphatic rings. The number of nitrogens with one attached hydrogen (secondary N) is 1. The van der Waals surface area contributed by atoms with Crippen LogP contribution in [0.15, 0.2) is 47.3 Å². The maximum absolute atomic E-state index is 12.2. The van der Waals surface area contributed by atoms with Crippen LogP contribution >= 0.6 is 0 Å². The molecule has 0 saturated heterocycles. The van der Waals surface area contributed by atoms with Gasteiger partial charge in [0.05, 0.1) is 11.0 Å². The molecule has 0 fully saturated rings. The Balaban J connectivity index is 1.98. The maximum atomic E-state index is 12.2. The van der Waals surface area contributed by atoms with E-state index in [0.717, 1.165) is 36.0 Å². The molecule has 1 N–H and O–H groups in total. The molecule has 0 unspecified atom stereocenters. The quantitative estimate of drug-likeness (QED) is 0.713. The minimum atomic E-state index is -0.0151. The van der Waals surface area contributed by atoms with Crippen molar-refractivity contribution in [3.8, 4) is 11.1 Å². The minimum absolute atomic E-state index is 0.0151. The molecule has 0 saturated carbocycles. The molecule has 3 rings (SSSR count). The Morgan fingerprint density at radius 3 is 2.29 bits per heavy atom. The fraction of sp³-hybridized carbons (Fsp3) is 0.381. The second-order valence-corrected chi connectivity index (χ2v) is 7.49. The predicted molar refractivity (Wildman–Crippen MR) is 102 cm³/mol. The first-order valence-corrected chi connectivity index (χ1v) is 8.73. The molecule has 3 nitrogen and oxygen atoms in total. The first kappa shape index (κ1) is 16.6. The van der Waals surface area contributed by atoms with Gasteiger partial charge in [-0.2, -0.15) is 0 Å². The summed E-state index contributed by atoms with van der Waals surface area (Å²) in [5, 5.41) is 0. The lowest BCUT2D eigenvalue weighted by Gasteiger charge is -2.19. The Bertz CT molecular complexity index is 892. The van der Waals surface area contributed by atoms with Gasteiger partial charge >= 0.3 is 5.69 Å². The fourth-order valence-electron chi connectivity index (χ4n) is 3.04. The highest BCUT2D eigenvalue weighted by Crippen LogP contribution is 2.27. The topological polar surface area (TPSA) is 37.8 Å². The van der Waals surface area contributed by atoms with E-state index in [1.807, 2.05) is 4.57 Å². The lowest BCUT2D eigenvalue weighted by Crippen LogP contribution is -2.16. The SMILES string of the molecule is CCCCn1c(=O)[nH]c2cc(-c3ccc(C(C)(C)C)cc3)ccc21. The van der Waals surface area contributed by atoms with E-state index >= 15 is 0 Å². The summed E-state index contributed by atoms with van der Waals surface area (Å²) in [6, 6.07) is 14.9. The van der Waals surface area contributed by atoms with Gasteiger partial charge in [-0.25, -0.2) is 4.79 Å². The number of aromatic nitrogens is 2. The Hall–Kier alpha value is -2.29. The number of imidazole rings is 1. The van der Waals surface area contributed by atoms with Crippen LogP contribution < -0.4 is 5.69 Å². The number of fused-ring (bicyclic) bond motifs is 1. The van der Waals surface area contributed by atoms with Crippen LogP contribution in [0, 0.1) is 0 Å². The first-order valence-electron chi connectivity index (χ1n) is 8.73. The molecular formula is C21H26N2O. The fourth-order valence-corrected chi connectivity index (χ4v) is 3.04. The van der Waals surface area contributed by atoms with Crippen molar-refractivity contribution in [1.82, 2.24) is 9.55 Å². The molecule has 24 heavy (non-hydrogen) atoms. The van der Waals surface area contributed by atoms with Crippen LogP contribution in [-0.4, -0.2) is 9.55 Å². The summed E-state index contributed by atoms with van der Waals surface area (Å²) in [5.41, 5.74) is 5.67. The smallest absolute Gasteiger partial charge is 0.306 e. The van der Waals surface area contributed by atoms with Crippen molar-refractivity contribution in [3.05, 3.63) is 58.5 Å². The zero-order chi connectivity index (χ0) is 17.3. The number of hydrogen-bond acceptors (Lipinski definition) is 1. The monoisotopic (exact) mass is 322 g/mol. The second kappa shape index (κ2) is 6.31. The molecule has 0 amide bonds. The van der Waals surface area contributed by atoms with E-state index in [1.165, 1.54) is 11.1 Å². The van der Waals surface area contributed by atoms with Crippen LogP contribution in [0.5, 0.6) is 0 Å². The third kappa shape index (κ3) is 3.16. The Morgan fingerprint density at radius 2 is 1.67 bits per heavy atom. The van der Waals surface area contributed by atoms with E-state index in [0.29, 0.717) is 0 Å². The summed E-state index contributed by atoms with van der Waals surface area (Å²) in [4.78, 5) is 15.1. The second-order valence-electron chi connectivity index (χ2n) is 7.49.